The number of pyridine rings is 1. The molecule has 0 saturated carbocycles. The molecule has 10 nitrogen and oxygen atoms in total. The Morgan fingerprint density at radius 2 is 1.84 bits per heavy atom. The lowest BCUT2D eigenvalue weighted by Gasteiger charge is -2.24. The zero-order valence-corrected chi connectivity index (χ0v) is 26.4. The van der Waals surface area contributed by atoms with E-state index in [0.717, 1.165) is 24.0 Å². The van der Waals surface area contributed by atoms with Gasteiger partial charge in [0.05, 0.1) is 47.8 Å². The van der Waals surface area contributed by atoms with Gasteiger partial charge < -0.3 is 19.3 Å². The van der Waals surface area contributed by atoms with E-state index in [9.17, 15) is 14.7 Å². The number of unbranched alkanes of at least 4 members (excludes halogenated alkanes) is 2. The van der Waals surface area contributed by atoms with E-state index in [0.29, 0.717) is 63.7 Å². The number of benzene rings is 2. The van der Waals surface area contributed by atoms with Crippen molar-refractivity contribution in [1.29, 1.82) is 0 Å². The molecule has 232 valence electrons. The molecule has 1 saturated heterocycles. The molecule has 0 bridgehead atoms. The average molecular weight is 627 g/mol. The van der Waals surface area contributed by atoms with Crippen LogP contribution in [0.4, 0.5) is 5.13 Å². The molecular weight excluding hydrogens is 592 g/mol. The number of anilines is 1. The van der Waals surface area contributed by atoms with E-state index in [4.69, 9.17) is 19.2 Å². The summed E-state index contributed by atoms with van der Waals surface area (Å²) in [6.07, 6.45) is 4.79. The fourth-order valence-corrected chi connectivity index (χ4v) is 6.63. The van der Waals surface area contributed by atoms with Gasteiger partial charge in [0.25, 0.3) is 5.78 Å². The lowest BCUT2D eigenvalue weighted by atomic mass is 9.96. The summed E-state index contributed by atoms with van der Waals surface area (Å²) in [5.74, 6) is -0.238. The number of imidazole rings is 1. The third-order valence-electron chi connectivity index (χ3n) is 7.75. The molecule has 11 heteroatoms. The standard InChI is InChI=1S/C34H34N4O6S/c1-5-7-10-17-44-24-15-12-21(18-25(24)43-6-2)30-28(31(39)29-20(3)35-27-11-8-9-16-37(27)29)32(40)33(41)38(30)34-36-23-14-13-22(42-4)19-26(23)45-34/h8-9,11-16,18-19,30,39H,5-7,10,17H2,1-4H3/b31-28+. The van der Waals surface area contributed by atoms with E-state index in [-0.39, 0.29) is 11.3 Å². The van der Waals surface area contributed by atoms with Crippen molar-refractivity contribution in [1.82, 2.24) is 14.4 Å². The van der Waals surface area contributed by atoms with Crippen molar-refractivity contribution in [3.8, 4) is 17.2 Å². The molecule has 2 aromatic carbocycles. The van der Waals surface area contributed by atoms with Crippen molar-refractivity contribution in [2.24, 2.45) is 0 Å². The quantitative estimate of drug-likeness (QED) is 0.0732. The second kappa shape index (κ2) is 12.6. The molecule has 0 spiro atoms. The highest BCUT2D eigenvalue weighted by Gasteiger charge is 2.49. The Bertz CT molecular complexity index is 1940. The number of carbonyl (C=O) groups is 2. The van der Waals surface area contributed by atoms with Gasteiger partial charge in [0.2, 0.25) is 0 Å². The maximum Gasteiger partial charge on any atom is 0.301 e. The number of carbonyl (C=O) groups excluding carboxylic acids is 2. The van der Waals surface area contributed by atoms with Crippen LogP contribution in [0.25, 0.3) is 21.6 Å². The van der Waals surface area contributed by atoms with E-state index >= 15 is 0 Å². The number of ether oxygens (including phenoxy) is 3. The Balaban J connectivity index is 1.54. The van der Waals surface area contributed by atoms with Crippen molar-refractivity contribution < 1.29 is 28.9 Å². The van der Waals surface area contributed by atoms with Gasteiger partial charge in [-0.3, -0.25) is 18.9 Å². The van der Waals surface area contributed by atoms with Crippen LogP contribution < -0.4 is 19.1 Å². The number of thiazole rings is 1. The Morgan fingerprint density at radius 3 is 2.62 bits per heavy atom. The highest BCUT2D eigenvalue weighted by Crippen LogP contribution is 2.46. The van der Waals surface area contributed by atoms with Gasteiger partial charge >= 0.3 is 5.91 Å². The number of hydrogen-bond acceptors (Lipinski definition) is 9. The van der Waals surface area contributed by atoms with Gasteiger partial charge in [0, 0.05) is 6.20 Å². The van der Waals surface area contributed by atoms with Crippen LogP contribution in [0, 0.1) is 6.92 Å². The van der Waals surface area contributed by atoms with E-state index in [2.05, 4.69) is 11.9 Å². The summed E-state index contributed by atoms with van der Waals surface area (Å²) in [5.41, 5.74) is 2.60. The van der Waals surface area contributed by atoms with Crippen LogP contribution in [0.5, 0.6) is 17.2 Å². The molecule has 6 rings (SSSR count). The normalized spacial score (nSPS) is 16.2. The smallest absolute Gasteiger partial charge is 0.301 e. The molecular formula is C34H34N4O6S. The topological polar surface area (TPSA) is 115 Å². The number of fused-ring (bicyclic) bond motifs is 2. The largest absolute Gasteiger partial charge is 0.505 e. The number of aromatic nitrogens is 3. The van der Waals surface area contributed by atoms with Gasteiger partial charge in [-0.05, 0) is 68.3 Å². The molecule has 45 heavy (non-hydrogen) atoms. The summed E-state index contributed by atoms with van der Waals surface area (Å²) in [5, 5.41) is 12.2. The van der Waals surface area contributed by atoms with Gasteiger partial charge in [-0.25, -0.2) is 9.97 Å². The minimum Gasteiger partial charge on any atom is -0.505 e. The molecule has 1 aliphatic heterocycles. The van der Waals surface area contributed by atoms with Crippen LogP contribution in [0.2, 0.25) is 0 Å². The SMILES string of the molecule is CCCCCOc1ccc(C2/C(=C(\O)c3c(C)nc4ccccn34)C(=O)C(=O)N2c2nc3ccc(OC)cc3s2)cc1OCC. The number of methoxy groups -OCH3 is 1. The van der Waals surface area contributed by atoms with E-state index < -0.39 is 17.7 Å². The first-order valence-electron chi connectivity index (χ1n) is 14.9. The van der Waals surface area contributed by atoms with Crippen molar-refractivity contribution in [2.75, 3.05) is 25.2 Å². The Kier molecular flexibility index (Phi) is 8.44. The summed E-state index contributed by atoms with van der Waals surface area (Å²) in [7, 11) is 1.58. The molecule has 1 fully saturated rings. The fraction of sp³-hybridized carbons (Fsp3) is 0.294. The highest BCUT2D eigenvalue weighted by atomic mass is 32.1. The van der Waals surface area contributed by atoms with Crippen molar-refractivity contribution in [2.45, 2.75) is 46.1 Å². The van der Waals surface area contributed by atoms with E-state index in [1.807, 2.05) is 31.2 Å². The van der Waals surface area contributed by atoms with Gasteiger partial charge in [-0.1, -0.05) is 43.2 Å². The maximum absolute atomic E-state index is 13.9. The average Bonchev–Trinajstić information content (AvgIpc) is 3.69. The van der Waals surface area contributed by atoms with Crippen LogP contribution in [0.3, 0.4) is 0 Å². The number of nitrogens with zero attached hydrogens (tertiary/aromatic N) is 4. The number of ketones is 1. The fourth-order valence-electron chi connectivity index (χ4n) is 5.61. The second-order valence-electron chi connectivity index (χ2n) is 10.7. The van der Waals surface area contributed by atoms with Crippen molar-refractivity contribution >= 4 is 49.8 Å². The van der Waals surface area contributed by atoms with Crippen LogP contribution in [0.1, 0.15) is 56.1 Å². The Labute approximate surface area is 264 Å². The zero-order chi connectivity index (χ0) is 31.7. The predicted molar refractivity (Wildman–Crippen MR) is 174 cm³/mol. The molecule has 1 aliphatic rings. The predicted octanol–water partition coefficient (Wildman–Crippen LogP) is 6.86. The molecule has 1 N–H and O–H groups in total. The van der Waals surface area contributed by atoms with Gasteiger partial charge in [0.1, 0.15) is 17.1 Å². The molecule has 1 unspecified atom stereocenters. The van der Waals surface area contributed by atoms with E-state index in [1.165, 1.54) is 16.2 Å². The first-order chi connectivity index (χ1) is 21.9. The molecule has 0 radical (unpaired) electrons. The second-order valence-corrected chi connectivity index (χ2v) is 11.7. The Hall–Kier alpha value is -4.90. The van der Waals surface area contributed by atoms with Gasteiger partial charge in [-0.15, -0.1) is 0 Å². The van der Waals surface area contributed by atoms with Gasteiger partial charge in [-0.2, -0.15) is 0 Å². The number of rotatable bonds is 11. The molecule has 0 aliphatic carbocycles. The third-order valence-corrected chi connectivity index (χ3v) is 8.77. The third kappa shape index (κ3) is 5.48. The summed E-state index contributed by atoms with van der Waals surface area (Å²) >= 11 is 1.26. The minimum atomic E-state index is -1.01. The molecule has 5 aromatic rings. The minimum absolute atomic E-state index is 0.0651. The monoisotopic (exact) mass is 626 g/mol. The number of aryl methyl sites for hydroxylation is 1. The van der Waals surface area contributed by atoms with Crippen molar-refractivity contribution in [3.63, 3.8) is 0 Å². The first kappa shape index (κ1) is 30.1. The maximum atomic E-state index is 13.9. The molecule has 4 heterocycles. The highest BCUT2D eigenvalue weighted by molar-refractivity contribution is 7.22. The number of aliphatic hydroxyl groups is 1. The van der Waals surface area contributed by atoms with Crippen LogP contribution in [-0.2, 0) is 9.59 Å². The molecule has 1 atom stereocenters. The number of hydrogen-bond donors (Lipinski definition) is 1. The first-order valence-corrected chi connectivity index (χ1v) is 15.8. The molecule has 1 amide bonds. The van der Waals surface area contributed by atoms with Crippen LogP contribution in [-0.4, -0.2) is 51.5 Å². The zero-order valence-electron chi connectivity index (χ0n) is 25.6. The molecule has 3 aromatic heterocycles. The van der Waals surface area contributed by atoms with Crippen molar-refractivity contribution in [3.05, 3.63) is 83.3 Å². The number of amides is 1. The lowest BCUT2D eigenvalue weighted by molar-refractivity contribution is -0.132. The summed E-state index contributed by atoms with van der Waals surface area (Å²) in [4.78, 5) is 38.5. The van der Waals surface area contributed by atoms with Crippen LogP contribution in [0.15, 0.2) is 66.4 Å². The number of Topliss-reactive ketones (excluding diaryl/α,β-unsaturated/α-hetero) is 1. The Morgan fingerprint density at radius 1 is 1.00 bits per heavy atom. The number of aliphatic hydroxyl groups excluding tert-OH is 1. The van der Waals surface area contributed by atoms with Gasteiger partial charge in [0.15, 0.2) is 22.4 Å². The lowest BCUT2D eigenvalue weighted by Crippen LogP contribution is -2.29. The summed E-state index contributed by atoms with van der Waals surface area (Å²) in [6, 6.07) is 15.2. The van der Waals surface area contributed by atoms with Crippen LogP contribution >= 0.6 is 11.3 Å². The van der Waals surface area contributed by atoms with E-state index in [1.54, 1.807) is 55.0 Å². The summed E-state index contributed by atoms with van der Waals surface area (Å²) in [6.45, 7) is 6.69. The summed E-state index contributed by atoms with van der Waals surface area (Å²) < 4.78 is 19.9.